The molecule has 1 N–H and O–H groups in total. The predicted molar refractivity (Wildman–Crippen MR) is 149 cm³/mol. The maximum atomic E-state index is 13.8. The Labute approximate surface area is 233 Å². The van der Waals surface area contributed by atoms with Crippen LogP contribution in [-0.2, 0) is 26.2 Å². The van der Waals surface area contributed by atoms with Crippen LogP contribution in [0.5, 0.6) is 5.75 Å². The fraction of sp³-hybridized carbons (Fsp3) is 0.440. The summed E-state index contributed by atoms with van der Waals surface area (Å²) in [6.07, 6.45) is 2.93. The molecule has 8 nitrogen and oxygen atoms in total. The third kappa shape index (κ3) is 8.40. The van der Waals surface area contributed by atoms with Crippen LogP contribution >= 0.6 is 34.8 Å². The van der Waals surface area contributed by atoms with Crippen LogP contribution in [0.2, 0.25) is 15.1 Å². The minimum atomic E-state index is -3.96. The van der Waals surface area contributed by atoms with E-state index in [0.717, 1.165) is 23.4 Å². The molecule has 0 aliphatic carbocycles. The summed E-state index contributed by atoms with van der Waals surface area (Å²) in [6, 6.07) is 8.51. The molecular weight excluding hydrogens is 561 g/mol. The Balaban J connectivity index is 2.53. The van der Waals surface area contributed by atoms with Gasteiger partial charge in [0.1, 0.15) is 18.3 Å². The second kappa shape index (κ2) is 14.1. The topological polar surface area (TPSA) is 96.0 Å². The molecule has 0 saturated heterocycles. The number of nitrogens with one attached hydrogen (secondary N) is 1. The van der Waals surface area contributed by atoms with Crippen LogP contribution in [0.1, 0.15) is 38.7 Å². The highest BCUT2D eigenvalue weighted by Gasteiger charge is 2.33. The number of hydrogen-bond donors (Lipinski definition) is 1. The Morgan fingerprint density at radius 3 is 2.27 bits per heavy atom. The molecule has 1 atom stereocenters. The predicted octanol–water partition coefficient (Wildman–Crippen LogP) is 5.15. The zero-order valence-electron chi connectivity index (χ0n) is 21.3. The first-order chi connectivity index (χ1) is 17.4. The third-order valence-electron chi connectivity index (χ3n) is 5.69. The van der Waals surface area contributed by atoms with Crippen molar-refractivity contribution < 1.29 is 22.7 Å². The van der Waals surface area contributed by atoms with E-state index in [0.29, 0.717) is 22.2 Å². The van der Waals surface area contributed by atoms with Gasteiger partial charge in [-0.05, 0) is 43.2 Å². The average molecular weight is 593 g/mol. The Hall–Kier alpha value is -2.20. The van der Waals surface area contributed by atoms with E-state index in [1.807, 2.05) is 6.92 Å². The van der Waals surface area contributed by atoms with Crippen LogP contribution in [0.4, 0.5) is 5.69 Å². The van der Waals surface area contributed by atoms with E-state index in [-0.39, 0.29) is 35.3 Å². The van der Waals surface area contributed by atoms with Crippen molar-refractivity contribution >= 4 is 62.3 Å². The van der Waals surface area contributed by atoms with Crippen molar-refractivity contribution in [2.45, 2.75) is 45.7 Å². The van der Waals surface area contributed by atoms with Gasteiger partial charge in [-0.3, -0.25) is 13.9 Å². The second-order valence-corrected chi connectivity index (χ2v) is 11.5. The summed E-state index contributed by atoms with van der Waals surface area (Å²) in [5.74, 6) is -0.757. The van der Waals surface area contributed by atoms with Gasteiger partial charge in [0.15, 0.2) is 0 Å². The molecule has 0 saturated carbocycles. The standard InChI is InChI=1S/C25H32Cl3N3O5S/c1-5-7-13-29-25(33)21(6-2)30(15-18-19(27)9-8-10-20(18)28)24(32)16-31(37(4,34)35)22-14-17(26)11-12-23(22)36-3/h8-12,14,21H,5-7,13,15-16H2,1-4H3,(H,29,33). The lowest BCUT2D eigenvalue weighted by molar-refractivity contribution is -0.140. The monoisotopic (exact) mass is 591 g/mol. The highest BCUT2D eigenvalue weighted by molar-refractivity contribution is 7.92. The third-order valence-corrected chi connectivity index (χ3v) is 7.76. The minimum absolute atomic E-state index is 0.0959. The van der Waals surface area contributed by atoms with Crippen molar-refractivity contribution in [2.75, 3.05) is 30.8 Å². The summed E-state index contributed by atoms with van der Waals surface area (Å²) >= 11 is 18.9. The molecular formula is C25H32Cl3N3O5S. The molecule has 1 unspecified atom stereocenters. The molecule has 0 radical (unpaired) electrons. The first-order valence-corrected chi connectivity index (χ1v) is 14.7. The number of hydrogen-bond acceptors (Lipinski definition) is 5. The van der Waals surface area contributed by atoms with Crippen molar-refractivity contribution in [3.05, 3.63) is 57.0 Å². The Kier molecular flexibility index (Phi) is 11.8. The number of carbonyl (C=O) groups is 2. The van der Waals surface area contributed by atoms with Crippen LogP contribution in [0.15, 0.2) is 36.4 Å². The van der Waals surface area contributed by atoms with Crippen molar-refractivity contribution in [1.29, 1.82) is 0 Å². The molecule has 0 heterocycles. The van der Waals surface area contributed by atoms with E-state index in [2.05, 4.69) is 5.32 Å². The lowest BCUT2D eigenvalue weighted by Crippen LogP contribution is -2.52. The van der Waals surface area contributed by atoms with E-state index in [9.17, 15) is 18.0 Å². The van der Waals surface area contributed by atoms with Crippen LogP contribution in [0.3, 0.4) is 0 Å². The Morgan fingerprint density at radius 2 is 1.73 bits per heavy atom. The molecule has 2 amide bonds. The first-order valence-electron chi connectivity index (χ1n) is 11.8. The molecule has 0 spiro atoms. The van der Waals surface area contributed by atoms with E-state index in [1.165, 1.54) is 24.1 Å². The first kappa shape index (κ1) is 31.0. The van der Waals surface area contributed by atoms with E-state index in [4.69, 9.17) is 39.5 Å². The summed E-state index contributed by atoms with van der Waals surface area (Å²) in [5, 5.41) is 3.76. The van der Waals surface area contributed by atoms with Crippen molar-refractivity contribution in [2.24, 2.45) is 0 Å². The zero-order chi connectivity index (χ0) is 27.8. The molecule has 37 heavy (non-hydrogen) atoms. The molecule has 2 aromatic carbocycles. The van der Waals surface area contributed by atoms with Gasteiger partial charge >= 0.3 is 0 Å². The Bertz CT molecular complexity index is 1190. The molecule has 204 valence electrons. The van der Waals surface area contributed by atoms with Gasteiger partial charge in [0.25, 0.3) is 0 Å². The van der Waals surface area contributed by atoms with Gasteiger partial charge in [-0.25, -0.2) is 8.42 Å². The smallest absolute Gasteiger partial charge is 0.244 e. The van der Waals surface area contributed by atoms with Gasteiger partial charge in [0.2, 0.25) is 21.8 Å². The number of methoxy groups -OCH3 is 1. The maximum absolute atomic E-state index is 13.8. The number of nitrogens with zero attached hydrogens (tertiary/aromatic N) is 2. The SMILES string of the molecule is CCCCNC(=O)C(CC)N(Cc1c(Cl)cccc1Cl)C(=O)CN(c1cc(Cl)ccc1OC)S(C)(=O)=O. The van der Waals surface area contributed by atoms with Gasteiger partial charge in [0, 0.05) is 33.7 Å². The lowest BCUT2D eigenvalue weighted by atomic mass is 10.1. The van der Waals surface area contributed by atoms with Crippen LogP contribution in [0, 0.1) is 0 Å². The van der Waals surface area contributed by atoms with Gasteiger partial charge in [-0.15, -0.1) is 0 Å². The fourth-order valence-electron chi connectivity index (χ4n) is 3.73. The Morgan fingerprint density at radius 1 is 1.08 bits per heavy atom. The van der Waals surface area contributed by atoms with Crippen LogP contribution in [0.25, 0.3) is 0 Å². The van der Waals surface area contributed by atoms with Gasteiger partial charge in [0.05, 0.1) is 19.1 Å². The number of rotatable bonds is 13. The quantitative estimate of drug-likeness (QED) is 0.325. The molecule has 0 aliphatic heterocycles. The van der Waals surface area contributed by atoms with Crippen LogP contribution in [-0.4, -0.2) is 57.6 Å². The van der Waals surface area contributed by atoms with Gasteiger partial charge < -0.3 is 15.0 Å². The molecule has 0 bridgehead atoms. The molecule has 0 aromatic heterocycles. The molecule has 2 aromatic rings. The molecule has 0 aliphatic rings. The summed E-state index contributed by atoms with van der Waals surface area (Å²) in [7, 11) is -2.58. The van der Waals surface area contributed by atoms with Crippen LogP contribution < -0.4 is 14.4 Å². The number of sulfonamides is 1. The number of carbonyl (C=O) groups excluding carboxylic acids is 2. The number of amides is 2. The second-order valence-electron chi connectivity index (χ2n) is 8.38. The van der Waals surface area contributed by atoms with Crippen molar-refractivity contribution in [3.8, 4) is 5.75 Å². The summed E-state index contributed by atoms with van der Waals surface area (Å²) in [6.45, 7) is 3.53. The summed E-state index contributed by atoms with van der Waals surface area (Å²) < 4.78 is 31.9. The summed E-state index contributed by atoms with van der Waals surface area (Å²) in [4.78, 5) is 28.2. The largest absolute Gasteiger partial charge is 0.495 e. The number of unbranched alkanes of at least 4 members (excludes halogenated alkanes) is 1. The normalized spacial score (nSPS) is 12.1. The zero-order valence-corrected chi connectivity index (χ0v) is 24.3. The average Bonchev–Trinajstić information content (AvgIpc) is 2.83. The highest BCUT2D eigenvalue weighted by Crippen LogP contribution is 2.33. The van der Waals surface area contributed by atoms with Crippen molar-refractivity contribution in [3.63, 3.8) is 0 Å². The number of halogens is 3. The number of ether oxygens (including phenoxy) is 1. The summed E-state index contributed by atoms with van der Waals surface area (Å²) in [5.41, 5.74) is 0.548. The van der Waals surface area contributed by atoms with E-state index >= 15 is 0 Å². The van der Waals surface area contributed by atoms with E-state index in [1.54, 1.807) is 31.2 Å². The maximum Gasteiger partial charge on any atom is 0.244 e. The fourth-order valence-corrected chi connectivity index (χ4v) is 5.26. The van der Waals surface area contributed by atoms with E-state index < -0.39 is 28.5 Å². The highest BCUT2D eigenvalue weighted by atomic mass is 35.5. The minimum Gasteiger partial charge on any atom is -0.495 e. The van der Waals surface area contributed by atoms with Gasteiger partial charge in [-0.1, -0.05) is 61.1 Å². The molecule has 2 rings (SSSR count). The lowest BCUT2D eigenvalue weighted by Gasteiger charge is -2.33. The number of anilines is 1. The van der Waals surface area contributed by atoms with Crippen molar-refractivity contribution in [1.82, 2.24) is 10.2 Å². The molecule has 0 fully saturated rings. The number of benzene rings is 2. The van der Waals surface area contributed by atoms with Gasteiger partial charge in [-0.2, -0.15) is 0 Å². The molecule has 12 heteroatoms.